The molecule has 0 amide bonds. The molecule has 1 aromatic heterocycles. The van der Waals surface area contributed by atoms with E-state index in [9.17, 15) is 0 Å². The number of nitrogens with one attached hydrogen (secondary N) is 1. The van der Waals surface area contributed by atoms with Crippen LogP contribution in [0, 0.1) is 10.5 Å². The van der Waals surface area contributed by atoms with Gasteiger partial charge in [-0.25, -0.2) is 4.98 Å². The number of H-pyrrole nitrogens is 1. The van der Waals surface area contributed by atoms with Gasteiger partial charge >= 0.3 is 0 Å². The Morgan fingerprint density at radius 1 is 1.45 bits per heavy atom. The zero-order chi connectivity index (χ0) is 7.84. The summed E-state index contributed by atoms with van der Waals surface area (Å²) in [6.45, 7) is 2.07. The van der Waals surface area contributed by atoms with E-state index in [2.05, 4.69) is 51.6 Å². The van der Waals surface area contributed by atoms with E-state index in [1.54, 1.807) is 6.33 Å². The van der Waals surface area contributed by atoms with Crippen molar-refractivity contribution in [2.24, 2.45) is 0 Å². The van der Waals surface area contributed by atoms with E-state index in [4.69, 9.17) is 0 Å². The van der Waals surface area contributed by atoms with Gasteiger partial charge in [-0.15, -0.1) is 0 Å². The van der Waals surface area contributed by atoms with Crippen LogP contribution in [0.1, 0.15) is 5.56 Å². The van der Waals surface area contributed by atoms with Gasteiger partial charge in [0.2, 0.25) is 0 Å². The fourth-order valence-electron chi connectivity index (χ4n) is 1.14. The normalized spacial score (nSPS) is 10.7. The quantitative estimate of drug-likeness (QED) is 0.722. The first-order chi connectivity index (χ1) is 5.29. The Kier molecular flexibility index (Phi) is 1.60. The van der Waals surface area contributed by atoms with E-state index < -0.39 is 0 Å². The van der Waals surface area contributed by atoms with E-state index in [0.29, 0.717) is 0 Å². The minimum Gasteiger partial charge on any atom is -0.344 e. The first kappa shape index (κ1) is 7.09. The SMILES string of the molecule is Cc1ccc(I)c2[nH]cnc12. The summed E-state index contributed by atoms with van der Waals surface area (Å²) in [4.78, 5) is 7.33. The van der Waals surface area contributed by atoms with Gasteiger partial charge < -0.3 is 4.98 Å². The molecule has 11 heavy (non-hydrogen) atoms. The number of nitrogens with zero attached hydrogens (tertiary/aromatic N) is 1. The molecule has 1 N–H and O–H groups in total. The number of hydrogen-bond acceptors (Lipinski definition) is 1. The number of fused-ring (bicyclic) bond motifs is 1. The maximum Gasteiger partial charge on any atom is 0.0932 e. The molecule has 0 saturated carbocycles. The highest BCUT2D eigenvalue weighted by Crippen LogP contribution is 2.19. The lowest BCUT2D eigenvalue weighted by Crippen LogP contribution is -1.79. The zero-order valence-corrected chi connectivity index (χ0v) is 8.21. The highest BCUT2D eigenvalue weighted by Gasteiger charge is 2.01. The smallest absolute Gasteiger partial charge is 0.0932 e. The van der Waals surface area contributed by atoms with Crippen LogP contribution in [0.4, 0.5) is 0 Å². The van der Waals surface area contributed by atoms with Gasteiger partial charge in [0, 0.05) is 3.57 Å². The van der Waals surface area contributed by atoms with Crippen LogP contribution in [0.2, 0.25) is 0 Å². The van der Waals surface area contributed by atoms with Crippen molar-refractivity contribution in [3.63, 3.8) is 0 Å². The third-order valence-electron chi connectivity index (χ3n) is 1.73. The Labute approximate surface area is 78.2 Å². The van der Waals surface area contributed by atoms with Crippen LogP contribution >= 0.6 is 22.6 Å². The van der Waals surface area contributed by atoms with E-state index in [1.807, 2.05) is 0 Å². The molecule has 0 unspecified atom stereocenters. The van der Waals surface area contributed by atoms with Crippen molar-refractivity contribution in [3.05, 3.63) is 27.6 Å². The summed E-state index contributed by atoms with van der Waals surface area (Å²) in [6.07, 6.45) is 1.74. The van der Waals surface area contributed by atoms with Crippen molar-refractivity contribution in [1.82, 2.24) is 9.97 Å². The highest BCUT2D eigenvalue weighted by atomic mass is 127. The van der Waals surface area contributed by atoms with Crippen LogP contribution in [0.25, 0.3) is 11.0 Å². The van der Waals surface area contributed by atoms with Crippen LogP contribution in [0.15, 0.2) is 18.5 Å². The summed E-state index contributed by atoms with van der Waals surface area (Å²) in [6, 6.07) is 4.18. The van der Waals surface area contributed by atoms with Gasteiger partial charge in [0.1, 0.15) is 0 Å². The molecule has 0 atom stereocenters. The number of halogens is 1. The number of rotatable bonds is 0. The van der Waals surface area contributed by atoms with E-state index in [0.717, 1.165) is 11.0 Å². The Morgan fingerprint density at radius 3 is 3.00 bits per heavy atom. The average molecular weight is 258 g/mol. The van der Waals surface area contributed by atoms with Crippen molar-refractivity contribution < 1.29 is 0 Å². The third kappa shape index (κ3) is 1.03. The number of benzene rings is 1. The second-order valence-electron chi connectivity index (χ2n) is 2.49. The fraction of sp³-hybridized carbons (Fsp3) is 0.125. The molecule has 0 saturated heterocycles. The van der Waals surface area contributed by atoms with Gasteiger partial charge in [0.25, 0.3) is 0 Å². The van der Waals surface area contributed by atoms with Gasteiger partial charge in [-0.3, -0.25) is 0 Å². The summed E-state index contributed by atoms with van der Waals surface area (Å²) >= 11 is 2.30. The van der Waals surface area contributed by atoms with Crippen molar-refractivity contribution in [3.8, 4) is 0 Å². The van der Waals surface area contributed by atoms with Gasteiger partial charge in [0.15, 0.2) is 0 Å². The number of aromatic nitrogens is 2. The maximum atomic E-state index is 4.22. The largest absolute Gasteiger partial charge is 0.344 e. The Hall–Kier alpha value is -0.580. The minimum atomic E-state index is 1.08. The number of imidazole rings is 1. The van der Waals surface area contributed by atoms with Crippen LogP contribution in [-0.4, -0.2) is 9.97 Å². The third-order valence-corrected chi connectivity index (χ3v) is 2.63. The van der Waals surface area contributed by atoms with Crippen molar-refractivity contribution in [1.29, 1.82) is 0 Å². The topological polar surface area (TPSA) is 28.7 Å². The maximum absolute atomic E-state index is 4.22. The molecule has 3 heteroatoms. The monoisotopic (exact) mass is 258 g/mol. The first-order valence-electron chi connectivity index (χ1n) is 3.37. The van der Waals surface area contributed by atoms with Crippen molar-refractivity contribution >= 4 is 33.6 Å². The molecule has 56 valence electrons. The molecule has 0 spiro atoms. The summed E-state index contributed by atoms with van der Waals surface area (Å²) in [7, 11) is 0. The standard InChI is InChI=1S/C8H7IN2/c1-5-2-3-6(9)8-7(5)10-4-11-8/h2-4H,1H3,(H,10,11). The Bertz CT molecular complexity index is 356. The minimum absolute atomic E-state index is 1.08. The molecule has 1 heterocycles. The van der Waals surface area contributed by atoms with Crippen LogP contribution < -0.4 is 0 Å². The zero-order valence-electron chi connectivity index (χ0n) is 6.06. The number of hydrogen-bond donors (Lipinski definition) is 1. The van der Waals surface area contributed by atoms with Crippen LogP contribution in [0.5, 0.6) is 0 Å². The predicted molar refractivity (Wildman–Crippen MR) is 53.5 cm³/mol. The van der Waals surface area contributed by atoms with Crippen LogP contribution in [-0.2, 0) is 0 Å². The van der Waals surface area contributed by atoms with Gasteiger partial charge in [0.05, 0.1) is 17.4 Å². The van der Waals surface area contributed by atoms with E-state index in [-0.39, 0.29) is 0 Å². The lowest BCUT2D eigenvalue weighted by Gasteiger charge is -1.95. The Morgan fingerprint density at radius 2 is 2.27 bits per heavy atom. The Balaban J connectivity index is 2.96. The van der Waals surface area contributed by atoms with Crippen molar-refractivity contribution in [2.45, 2.75) is 6.92 Å². The summed E-state index contributed by atoms with van der Waals surface area (Å²) in [5, 5.41) is 0. The van der Waals surface area contributed by atoms with Gasteiger partial charge in [-0.2, -0.15) is 0 Å². The van der Waals surface area contributed by atoms with Gasteiger partial charge in [-0.05, 0) is 41.1 Å². The second-order valence-corrected chi connectivity index (χ2v) is 3.65. The molecule has 2 nitrogen and oxygen atoms in total. The number of aromatic amines is 1. The predicted octanol–water partition coefficient (Wildman–Crippen LogP) is 2.48. The second kappa shape index (κ2) is 2.48. The highest BCUT2D eigenvalue weighted by molar-refractivity contribution is 14.1. The van der Waals surface area contributed by atoms with Crippen LogP contribution in [0.3, 0.4) is 0 Å². The molecule has 0 fully saturated rings. The lowest BCUT2D eigenvalue weighted by atomic mass is 10.2. The molecule has 0 aliphatic carbocycles. The molecular weight excluding hydrogens is 251 g/mol. The van der Waals surface area contributed by atoms with E-state index >= 15 is 0 Å². The summed E-state index contributed by atoms with van der Waals surface area (Å²) in [5.74, 6) is 0. The molecular formula is C8H7IN2. The molecule has 1 aromatic carbocycles. The first-order valence-corrected chi connectivity index (χ1v) is 4.45. The fourth-order valence-corrected chi connectivity index (χ4v) is 1.73. The molecule has 0 aliphatic rings. The molecule has 0 aliphatic heterocycles. The molecule has 2 aromatic rings. The average Bonchev–Trinajstić information content (AvgIpc) is 2.45. The molecule has 2 rings (SSSR count). The number of aryl methyl sites for hydroxylation is 1. The van der Waals surface area contributed by atoms with E-state index in [1.165, 1.54) is 9.13 Å². The molecule has 0 bridgehead atoms. The lowest BCUT2D eigenvalue weighted by molar-refractivity contribution is 1.34. The summed E-state index contributed by atoms with van der Waals surface area (Å²) < 4.78 is 1.22. The summed E-state index contributed by atoms with van der Waals surface area (Å²) in [5.41, 5.74) is 3.45. The van der Waals surface area contributed by atoms with Crippen molar-refractivity contribution in [2.75, 3.05) is 0 Å². The molecule has 0 radical (unpaired) electrons. The van der Waals surface area contributed by atoms with Gasteiger partial charge in [-0.1, -0.05) is 6.07 Å².